The number of nitrogens with zero attached hydrogens (tertiary/aromatic N) is 1. The molecule has 5 nitrogen and oxygen atoms in total. The van der Waals surface area contributed by atoms with Crippen LogP contribution in [-0.4, -0.2) is 67.0 Å². The predicted molar refractivity (Wildman–Crippen MR) is 219 cm³/mol. The highest BCUT2D eigenvalue weighted by Gasteiger charge is 2.13. The fourth-order valence-electron chi connectivity index (χ4n) is 7.38. The van der Waals surface area contributed by atoms with Gasteiger partial charge in [-0.2, -0.15) is 0 Å². The molecule has 0 saturated heterocycles. The first kappa shape index (κ1) is 49.8. The number of hydrogen-bond acceptors (Lipinski definition) is 5. The minimum atomic E-state index is -0.281. The van der Waals surface area contributed by atoms with Crippen molar-refractivity contribution in [3.8, 4) is 0 Å². The molecule has 1 atom stereocenters. The third kappa shape index (κ3) is 36.2. The van der Waals surface area contributed by atoms with Crippen LogP contribution in [0, 0.1) is 5.92 Å². The Labute approximate surface area is 314 Å². The summed E-state index contributed by atoms with van der Waals surface area (Å²) in [6, 6.07) is 0. The summed E-state index contributed by atoms with van der Waals surface area (Å²) in [4.78, 5) is 2.28. The largest absolute Gasteiger partial charge is 0.395 e. The molecule has 0 saturated carbocycles. The van der Waals surface area contributed by atoms with Crippen LogP contribution < -0.4 is 0 Å². The van der Waals surface area contributed by atoms with Gasteiger partial charge in [0, 0.05) is 26.3 Å². The van der Waals surface area contributed by atoms with Gasteiger partial charge in [-0.3, -0.25) is 4.90 Å². The van der Waals surface area contributed by atoms with Gasteiger partial charge in [-0.15, -0.1) is 0 Å². The van der Waals surface area contributed by atoms with Gasteiger partial charge in [0.05, 0.1) is 12.7 Å². The van der Waals surface area contributed by atoms with E-state index >= 15 is 0 Å². The summed E-state index contributed by atoms with van der Waals surface area (Å²) in [5.41, 5.74) is 0. The lowest BCUT2D eigenvalue weighted by Crippen LogP contribution is -2.35. The molecule has 302 valence electrons. The van der Waals surface area contributed by atoms with E-state index in [4.69, 9.17) is 9.47 Å². The molecular formula is C45H93NO4. The zero-order valence-corrected chi connectivity index (χ0v) is 34.8. The summed E-state index contributed by atoms with van der Waals surface area (Å²) >= 11 is 0. The minimum absolute atomic E-state index is 0.0506. The molecular weight excluding hydrogens is 618 g/mol. The molecule has 0 spiro atoms. The average Bonchev–Trinajstić information content (AvgIpc) is 3.11. The lowest BCUT2D eigenvalue weighted by atomic mass is 9.90. The summed E-state index contributed by atoms with van der Waals surface area (Å²) in [6.45, 7) is 13.3. The van der Waals surface area contributed by atoms with E-state index in [1.807, 2.05) is 0 Å². The number of aliphatic hydroxyl groups excluding tert-OH is 2. The van der Waals surface area contributed by atoms with Crippen LogP contribution in [-0.2, 0) is 9.47 Å². The molecule has 0 aromatic carbocycles. The fraction of sp³-hybridized carbons (Fsp3) is 1.00. The Balaban J connectivity index is 4.20. The van der Waals surface area contributed by atoms with E-state index in [1.165, 1.54) is 161 Å². The maximum atomic E-state index is 10.8. The molecule has 0 radical (unpaired) electrons. The third-order valence-electron chi connectivity index (χ3n) is 10.7. The van der Waals surface area contributed by atoms with Gasteiger partial charge >= 0.3 is 0 Å². The monoisotopic (exact) mass is 712 g/mol. The number of unbranched alkanes of at least 4 members (excludes halogenated alkanes) is 21. The van der Waals surface area contributed by atoms with Crippen LogP contribution in [0.2, 0.25) is 0 Å². The molecule has 0 aromatic rings. The van der Waals surface area contributed by atoms with Gasteiger partial charge in [0.15, 0.2) is 6.29 Å². The molecule has 0 fully saturated rings. The molecule has 0 aromatic heterocycles. The average molecular weight is 712 g/mol. The highest BCUT2D eigenvalue weighted by Crippen LogP contribution is 2.24. The van der Waals surface area contributed by atoms with Gasteiger partial charge in [0.1, 0.15) is 0 Å². The van der Waals surface area contributed by atoms with Crippen molar-refractivity contribution in [2.75, 3.05) is 39.5 Å². The lowest BCUT2D eigenvalue weighted by molar-refractivity contribution is -0.148. The zero-order chi connectivity index (χ0) is 36.6. The molecule has 0 rings (SSSR count). The molecule has 50 heavy (non-hydrogen) atoms. The van der Waals surface area contributed by atoms with Crippen LogP contribution in [0.5, 0.6) is 0 Å². The number of aliphatic hydroxyl groups is 2. The van der Waals surface area contributed by atoms with E-state index in [1.54, 1.807) is 0 Å². The topological polar surface area (TPSA) is 62.2 Å². The smallest absolute Gasteiger partial charge is 0.157 e. The molecule has 0 aliphatic heterocycles. The lowest BCUT2D eigenvalue weighted by Gasteiger charge is -2.24. The van der Waals surface area contributed by atoms with Crippen LogP contribution in [0.4, 0.5) is 0 Å². The third-order valence-corrected chi connectivity index (χ3v) is 10.7. The summed E-state index contributed by atoms with van der Waals surface area (Å²) in [5, 5.41) is 20.4. The van der Waals surface area contributed by atoms with Gasteiger partial charge in [0.2, 0.25) is 0 Å². The summed E-state index contributed by atoms with van der Waals surface area (Å²) in [6.07, 6.45) is 40.6. The molecule has 2 N–H and O–H groups in total. The Bertz CT molecular complexity index is 592. The van der Waals surface area contributed by atoms with Crippen LogP contribution in [0.25, 0.3) is 0 Å². The maximum absolute atomic E-state index is 10.8. The normalized spacial score (nSPS) is 12.7. The predicted octanol–water partition coefficient (Wildman–Crippen LogP) is 13.2. The van der Waals surface area contributed by atoms with Crippen molar-refractivity contribution in [1.82, 2.24) is 4.90 Å². The second-order valence-electron chi connectivity index (χ2n) is 15.8. The van der Waals surface area contributed by atoms with Gasteiger partial charge in [-0.1, -0.05) is 195 Å². The first-order valence-electron chi connectivity index (χ1n) is 22.8. The number of hydrogen-bond donors (Lipinski definition) is 2. The summed E-state index contributed by atoms with van der Waals surface area (Å²) < 4.78 is 12.5. The van der Waals surface area contributed by atoms with E-state index in [0.717, 1.165) is 70.6 Å². The van der Waals surface area contributed by atoms with Gasteiger partial charge in [0.25, 0.3) is 0 Å². The van der Waals surface area contributed by atoms with Crippen molar-refractivity contribution in [2.45, 2.75) is 246 Å². The molecule has 0 bridgehead atoms. The van der Waals surface area contributed by atoms with Gasteiger partial charge < -0.3 is 19.7 Å². The quantitative estimate of drug-likeness (QED) is 0.0487. The Morgan fingerprint density at radius 3 is 1.30 bits per heavy atom. The van der Waals surface area contributed by atoms with Crippen molar-refractivity contribution in [3.05, 3.63) is 0 Å². The second-order valence-corrected chi connectivity index (χ2v) is 15.8. The zero-order valence-electron chi connectivity index (χ0n) is 34.8. The highest BCUT2D eigenvalue weighted by atomic mass is 16.7. The van der Waals surface area contributed by atoms with E-state index in [0.29, 0.717) is 13.1 Å². The van der Waals surface area contributed by atoms with Gasteiger partial charge in [-0.25, -0.2) is 0 Å². The number of ether oxygens (including phenoxy) is 2. The van der Waals surface area contributed by atoms with Crippen LogP contribution in [0.3, 0.4) is 0 Å². The number of rotatable bonds is 43. The van der Waals surface area contributed by atoms with E-state index in [2.05, 4.69) is 32.6 Å². The van der Waals surface area contributed by atoms with Crippen molar-refractivity contribution in [3.63, 3.8) is 0 Å². The molecule has 0 amide bonds. The summed E-state index contributed by atoms with van der Waals surface area (Å²) in [7, 11) is 0. The Morgan fingerprint density at radius 1 is 0.420 bits per heavy atom. The molecule has 0 aliphatic carbocycles. The van der Waals surface area contributed by atoms with Crippen molar-refractivity contribution in [2.24, 2.45) is 5.92 Å². The fourth-order valence-corrected chi connectivity index (χ4v) is 7.38. The highest BCUT2D eigenvalue weighted by molar-refractivity contribution is 4.66. The Kier molecular flexibility index (Phi) is 41.4. The molecule has 0 heterocycles. The van der Waals surface area contributed by atoms with E-state index in [9.17, 15) is 10.2 Å². The standard InChI is InChI=1S/C45H93NO4/c1-5-9-13-15-22-30-40-49-45(50-41-31-23-16-14-10-6-2)36-28-20-21-29-37-46(38-39-47)42-44(48)35-27-19-17-18-26-34-43(32-24-11-7-3)33-25-12-8-4/h43-45,47-48H,5-42H2,1-4H3/t44-/m0/s1. The van der Waals surface area contributed by atoms with Crippen LogP contribution in [0.15, 0.2) is 0 Å². The molecule has 5 heteroatoms. The van der Waals surface area contributed by atoms with Crippen molar-refractivity contribution >= 4 is 0 Å². The van der Waals surface area contributed by atoms with E-state index in [-0.39, 0.29) is 19.0 Å². The molecule has 0 aliphatic rings. The minimum Gasteiger partial charge on any atom is -0.395 e. The summed E-state index contributed by atoms with van der Waals surface area (Å²) in [5.74, 6) is 0.951. The Hall–Kier alpha value is -0.200. The van der Waals surface area contributed by atoms with E-state index < -0.39 is 0 Å². The van der Waals surface area contributed by atoms with Crippen molar-refractivity contribution in [1.29, 1.82) is 0 Å². The Morgan fingerprint density at radius 2 is 0.800 bits per heavy atom. The second kappa shape index (κ2) is 41.6. The van der Waals surface area contributed by atoms with Crippen molar-refractivity contribution < 1.29 is 19.7 Å². The maximum Gasteiger partial charge on any atom is 0.157 e. The first-order chi connectivity index (χ1) is 24.6. The van der Waals surface area contributed by atoms with Crippen LogP contribution >= 0.6 is 0 Å². The van der Waals surface area contributed by atoms with Gasteiger partial charge in [-0.05, 0) is 51.0 Å². The first-order valence-corrected chi connectivity index (χ1v) is 22.8. The SMILES string of the molecule is CCCCCCCCOC(CCCCCCN(CCO)C[C@@H](O)CCCCCCCC(CCCCC)CCCCC)OCCCCCCCC. The molecule has 0 unspecified atom stereocenters. The van der Waals surface area contributed by atoms with Crippen LogP contribution in [0.1, 0.15) is 233 Å².